The van der Waals surface area contributed by atoms with Crippen molar-refractivity contribution in [1.29, 1.82) is 0 Å². The number of amides is 2. The van der Waals surface area contributed by atoms with E-state index in [4.69, 9.17) is 9.47 Å². The normalized spacial score (nSPS) is 12.3. The fraction of sp³-hybridized carbons (Fsp3) is 0.381. The van der Waals surface area contributed by atoms with E-state index in [0.29, 0.717) is 19.7 Å². The minimum absolute atomic E-state index is 0.176. The van der Waals surface area contributed by atoms with E-state index in [0.717, 1.165) is 29.9 Å². The highest BCUT2D eigenvalue weighted by Gasteiger charge is 2.11. The molecular formula is C21H26N2O3. The minimum atomic E-state index is -0.176. The van der Waals surface area contributed by atoms with E-state index in [1.54, 1.807) is 7.11 Å². The molecule has 26 heavy (non-hydrogen) atoms. The van der Waals surface area contributed by atoms with Gasteiger partial charge < -0.3 is 20.1 Å². The summed E-state index contributed by atoms with van der Waals surface area (Å²) < 4.78 is 10.9. The summed E-state index contributed by atoms with van der Waals surface area (Å²) in [6.45, 7) is 1.51. The zero-order valence-corrected chi connectivity index (χ0v) is 15.2. The van der Waals surface area contributed by atoms with Crippen LogP contribution < -0.4 is 20.1 Å². The molecule has 0 saturated heterocycles. The summed E-state index contributed by atoms with van der Waals surface area (Å²) in [5.74, 6) is 1.71. The third kappa shape index (κ3) is 5.15. The average molecular weight is 354 g/mol. The second kappa shape index (κ2) is 9.13. The lowest BCUT2D eigenvalue weighted by atomic mass is 10.1. The molecule has 1 aliphatic rings. The smallest absolute Gasteiger partial charge is 0.314 e. The number of aryl methyl sites for hydroxylation is 2. The third-order valence-electron chi connectivity index (χ3n) is 4.56. The summed E-state index contributed by atoms with van der Waals surface area (Å²) in [6, 6.07) is 14.0. The number of rotatable bonds is 8. The van der Waals surface area contributed by atoms with Gasteiger partial charge >= 0.3 is 6.03 Å². The highest BCUT2D eigenvalue weighted by molar-refractivity contribution is 5.73. The Labute approximate surface area is 154 Å². The number of hydrogen-bond donors (Lipinski definition) is 2. The first kappa shape index (κ1) is 18.1. The molecule has 0 spiro atoms. The molecule has 5 heteroatoms. The highest BCUT2D eigenvalue weighted by atomic mass is 16.5. The largest absolute Gasteiger partial charge is 0.497 e. The lowest BCUT2D eigenvalue weighted by molar-refractivity contribution is 0.236. The maximum Gasteiger partial charge on any atom is 0.314 e. The average Bonchev–Trinajstić information content (AvgIpc) is 3.13. The van der Waals surface area contributed by atoms with Crippen LogP contribution in [0.5, 0.6) is 11.5 Å². The molecule has 0 unspecified atom stereocenters. The number of ether oxygens (including phenoxy) is 2. The van der Waals surface area contributed by atoms with Crippen LogP contribution in [0.3, 0.4) is 0 Å². The predicted octanol–water partition coefficient (Wildman–Crippen LogP) is 3.10. The Morgan fingerprint density at radius 3 is 2.73 bits per heavy atom. The van der Waals surface area contributed by atoms with Gasteiger partial charge in [-0.25, -0.2) is 4.79 Å². The predicted molar refractivity (Wildman–Crippen MR) is 102 cm³/mol. The lowest BCUT2D eigenvalue weighted by Gasteiger charge is -2.10. The number of carbonyl (C=O) groups excluding carboxylic acids is 1. The number of methoxy groups -OCH3 is 1. The number of urea groups is 1. The number of benzene rings is 2. The molecule has 0 aliphatic heterocycles. The first-order valence-electron chi connectivity index (χ1n) is 9.14. The van der Waals surface area contributed by atoms with Gasteiger partial charge in [-0.1, -0.05) is 18.2 Å². The Balaban J connectivity index is 1.30. The van der Waals surface area contributed by atoms with Gasteiger partial charge in [-0.15, -0.1) is 0 Å². The SMILES string of the molecule is COc1cccc(CCNC(=O)NCCOc2ccc3c(c2)CCC3)c1. The van der Waals surface area contributed by atoms with Crippen molar-refractivity contribution >= 4 is 6.03 Å². The van der Waals surface area contributed by atoms with Crippen molar-refractivity contribution < 1.29 is 14.3 Å². The molecule has 0 atom stereocenters. The van der Waals surface area contributed by atoms with Crippen LogP contribution in [-0.2, 0) is 19.3 Å². The number of carbonyl (C=O) groups is 1. The van der Waals surface area contributed by atoms with E-state index in [9.17, 15) is 4.79 Å². The van der Waals surface area contributed by atoms with Crippen molar-refractivity contribution in [2.24, 2.45) is 0 Å². The van der Waals surface area contributed by atoms with Crippen molar-refractivity contribution in [3.63, 3.8) is 0 Å². The Morgan fingerprint density at radius 1 is 1.00 bits per heavy atom. The van der Waals surface area contributed by atoms with E-state index in [-0.39, 0.29) is 6.03 Å². The topological polar surface area (TPSA) is 59.6 Å². The molecule has 3 rings (SSSR count). The molecule has 0 saturated carbocycles. The molecule has 0 heterocycles. The van der Waals surface area contributed by atoms with Crippen LogP contribution >= 0.6 is 0 Å². The van der Waals surface area contributed by atoms with Crippen LogP contribution in [0.25, 0.3) is 0 Å². The molecule has 2 aromatic rings. The second-order valence-electron chi connectivity index (χ2n) is 6.42. The van der Waals surface area contributed by atoms with Crippen LogP contribution in [0.15, 0.2) is 42.5 Å². The Kier molecular flexibility index (Phi) is 6.36. The standard InChI is InChI=1S/C21H26N2O3/c1-25-19-7-2-4-16(14-19)10-11-22-21(24)23-12-13-26-20-9-8-17-5-3-6-18(17)15-20/h2,4,7-9,14-15H,3,5-6,10-13H2,1H3,(H2,22,23,24). The van der Waals surface area contributed by atoms with Gasteiger partial charge in [0.1, 0.15) is 18.1 Å². The molecular weight excluding hydrogens is 328 g/mol. The number of fused-ring (bicyclic) bond motifs is 1. The minimum Gasteiger partial charge on any atom is -0.497 e. The third-order valence-corrected chi connectivity index (χ3v) is 4.56. The monoisotopic (exact) mass is 354 g/mol. The molecule has 1 aliphatic carbocycles. The highest BCUT2D eigenvalue weighted by Crippen LogP contribution is 2.25. The summed E-state index contributed by atoms with van der Waals surface area (Å²) in [4.78, 5) is 11.8. The number of nitrogens with one attached hydrogen (secondary N) is 2. The van der Waals surface area contributed by atoms with Gasteiger partial charge in [-0.05, 0) is 66.6 Å². The van der Waals surface area contributed by atoms with Crippen molar-refractivity contribution in [2.75, 3.05) is 26.8 Å². The zero-order valence-electron chi connectivity index (χ0n) is 15.2. The molecule has 0 fully saturated rings. The lowest BCUT2D eigenvalue weighted by Crippen LogP contribution is -2.38. The summed E-state index contributed by atoms with van der Waals surface area (Å²) in [6.07, 6.45) is 4.31. The molecule has 138 valence electrons. The van der Waals surface area contributed by atoms with Crippen LogP contribution in [0, 0.1) is 0 Å². The second-order valence-corrected chi connectivity index (χ2v) is 6.42. The fourth-order valence-corrected chi connectivity index (χ4v) is 3.18. The number of hydrogen-bond acceptors (Lipinski definition) is 3. The summed E-state index contributed by atoms with van der Waals surface area (Å²) in [5.41, 5.74) is 3.96. The first-order valence-corrected chi connectivity index (χ1v) is 9.14. The van der Waals surface area contributed by atoms with Gasteiger partial charge in [0.05, 0.1) is 13.7 Å². The van der Waals surface area contributed by atoms with E-state index in [1.165, 1.54) is 24.0 Å². The fourth-order valence-electron chi connectivity index (χ4n) is 3.18. The molecule has 5 nitrogen and oxygen atoms in total. The Morgan fingerprint density at radius 2 is 1.85 bits per heavy atom. The van der Waals surface area contributed by atoms with Crippen molar-refractivity contribution in [1.82, 2.24) is 10.6 Å². The van der Waals surface area contributed by atoms with Gasteiger partial charge in [0.25, 0.3) is 0 Å². The van der Waals surface area contributed by atoms with Crippen LogP contribution in [0.4, 0.5) is 4.79 Å². The van der Waals surface area contributed by atoms with Crippen LogP contribution in [0.1, 0.15) is 23.1 Å². The van der Waals surface area contributed by atoms with Gasteiger partial charge in [0.2, 0.25) is 0 Å². The van der Waals surface area contributed by atoms with E-state index >= 15 is 0 Å². The molecule has 0 radical (unpaired) electrons. The molecule has 0 bridgehead atoms. The molecule has 2 aromatic carbocycles. The summed E-state index contributed by atoms with van der Waals surface area (Å²) >= 11 is 0. The first-order chi connectivity index (χ1) is 12.7. The van der Waals surface area contributed by atoms with Crippen LogP contribution in [0.2, 0.25) is 0 Å². The van der Waals surface area contributed by atoms with Gasteiger partial charge in [0, 0.05) is 6.54 Å². The van der Waals surface area contributed by atoms with E-state index in [1.807, 2.05) is 30.3 Å². The molecule has 2 N–H and O–H groups in total. The summed E-state index contributed by atoms with van der Waals surface area (Å²) in [7, 11) is 1.65. The molecule has 0 aromatic heterocycles. The van der Waals surface area contributed by atoms with Gasteiger partial charge in [0.15, 0.2) is 0 Å². The summed E-state index contributed by atoms with van der Waals surface area (Å²) in [5, 5.41) is 5.67. The maximum atomic E-state index is 11.8. The van der Waals surface area contributed by atoms with Crippen molar-refractivity contribution in [2.45, 2.75) is 25.7 Å². The van der Waals surface area contributed by atoms with Gasteiger partial charge in [-0.2, -0.15) is 0 Å². The Bertz CT molecular complexity index is 746. The van der Waals surface area contributed by atoms with E-state index in [2.05, 4.69) is 22.8 Å². The molecule has 2 amide bonds. The van der Waals surface area contributed by atoms with Gasteiger partial charge in [-0.3, -0.25) is 0 Å². The zero-order chi connectivity index (χ0) is 18.2. The van der Waals surface area contributed by atoms with Crippen molar-refractivity contribution in [3.8, 4) is 11.5 Å². The van der Waals surface area contributed by atoms with E-state index < -0.39 is 0 Å². The Hall–Kier alpha value is -2.69. The van der Waals surface area contributed by atoms with Crippen LogP contribution in [-0.4, -0.2) is 32.8 Å². The quantitative estimate of drug-likeness (QED) is 0.716. The maximum absolute atomic E-state index is 11.8. The van der Waals surface area contributed by atoms with Crippen molar-refractivity contribution in [3.05, 3.63) is 59.2 Å².